The molecule has 1 aromatic heterocycles. The SMILES string of the molecule is COc1ccccc1[C@H]1/C(=C(\O)c2ccc(C)cc2)C(=O)C(=O)N1c1nc2ccccc2s1. The first-order chi connectivity index (χ1) is 16.0. The van der Waals surface area contributed by atoms with Gasteiger partial charge in [-0.05, 0) is 25.1 Å². The summed E-state index contributed by atoms with van der Waals surface area (Å²) >= 11 is 1.32. The van der Waals surface area contributed by atoms with Crippen molar-refractivity contribution in [3.05, 3.63) is 95.1 Å². The lowest BCUT2D eigenvalue weighted by molar-refractivity contribution is -0.132. The molecule has 1 atom stereocenters. The Morgan fingerprint density at radius 1 is 1.00 bits per heavy atom. The second kappa shape index (κ2) is 8.18. The van der Waals surface area contributed by atoms with Crippen molar-refractivity contribution >= 4 is 44.1 Å². The quantitative estimate of drug-likeness (QED) is 0.258. The van der Waals surface area contributed by atoms with Gasteiger partial charge < -0.3 is 9.84 Å². The Morgan fingerprint density at radius 3 is 2.42 bits per heavy atom. The van der Waals surface area contributed by atoms with E-state index in [4.69, 9.17) is 4.74 Å². The van der Waals surface area contributed by atoms with Crippen LogP contribution in [-0.4, -0.2) is 28.9 Å². The third-order valence-electron chi connectivity index (χ3n) is 5.69. The number of rotatable bonds is 4. The first kappa shape index (κ1) is 20.9. The van der Waals surface area contributed by atoms with Crippen LogP contribution in [0.3, 0.4) is 0 Å². The van der Waals surface area contributed by atoms with Crippen LogP contribution in [0.25, 0.3) is 16.0 Å². The van der Waals surface area contributed by atoms with Gasteiger partial charge in [0.25, 0.3) is 5.78 Å². The highest BCUT2D eigenvalue weighted by Gasteiger charge is 2.49. The summed E-state index contributed by atoms with van der Waals surface area (Å²) in [5.74, 6) is -1.22. The molecule has 1 amide bonds. The number of aromatic nitrogens is 1. The molecule has 7 heteroatoms. The topological polar surface area (TPSA) is 79.7 Å². The van der Waals surface area contributed by atoms with E-state index in [1.165, 1.54) is 23.3 Å². The van der Waals surface area contributed by atoms with Crippen LogP contribution in [0.15, 0.2) is 78.4 Å². The summed E-state index contributed by atoms with van der Waals surface area (Å²) < 4.78 is 6.45. The number of aliphatic hydroxyl groups is 1. The number of ether oxygens (including phenoxy) is 1. The number of benzene rings is 3. The fourth-order valence-corrected chi connectivity index (χ4v) is 5.04. The van der Waals surface area contributed by atoms with Crippen molar-refractivity contribution in [2.24, 2.45) is 0 Å². The molecule has 4 aromatic rings. The molecule has 1 saturated heterocycles. The van der Waals surface area contributed by atoms with Gasteiger partial charge >= 0.3 is 5.91 Å². The lowest BCUT2D eigenvalue weighted by Crippen LogP contribution is -2.29. The van der Waals surface area contributed by atoms with Gasteiger partial charge in [0.1, 0.15) is 17.6 Å². The van der Waals surface area contributed by atoms with Crippen LogP contribution in [0, 0.1) is 6.92 Å². The number of hydrogen-bond donors (Lipinski definition) is 1. The van der Waals surface area contributed by atoms with Gasteiger partial charge in [-0.1, -0.05) is 71.5 Å². The van der Waals surface area contributed by atoms with E-state index in [9.17, 15) is 14.7 Å². The molecule has 164 valence electrons. The largest absolute Gasteiger partial charge is 0.507 e. The monoisotopic (exact) mass is 456 g/mol. The molecule has 1 aliphatic rings. The molecule has 0 saturated carbocycles. The zero-order valence-corrected chi connectivity index (χ0v) is 18.8. The highest BCUT2D eigenvalue weighted by molar-refractivity contribution is 7.22. The number of fused-ring (bicyclic) bond motifs is 1. The van der Waals surface area contributed by atoms with Crippen molar-refractivity contribution in [1.29, 1.82) is 0 Å². The summed E-state index contributed by atoms with van der Waals surface area (Å²) in [5, 5.41) is 11.6. The Balaban J connectivity index is 1.76. The highest BCUT2D eigenvalue weighted by Crippen LogP contribution is 2.46. The molecule has 33 heavy (non-hydrogen) atoms. The van der Waals surface area contributed by atoms with E-state index < -0.39 is 17.7 Å². The van der Waals surface area contributed by atoms with Gasteiger partial charge in [-0.15, -0.1) is 0 Å². The lowest BCUT2D eigenvalue weighted by Gasteiger charge is -2.24. The minimum Gasteiger partial charge on any atom is -0.507 e. The number of anilines is 1. The molecule has 2 heterocycles. The minimum atomic E-state index is -0.886. The molecule has 6 nitrogen and oxygen atoms in total. The van der Waals surface area contributed by atoms with E-state index in [-0.39, 0.29) is 11.3 Å². The van der Waals surface area contributed by atoms with Gasteiger partial charge in [0.05, 0.1) is 22.9 Å². The predicted molar refractivity (Wildman–Crippen MR) is 129 cm³/mol. The number of hydrogen-bond acceptors (Lipinski definition) is 6. The Labute approximate surface area is 194 Å². The Bertz CT molecular complexity index is 1390. The second-order valence-electron chi connectivity index (χ2n) is 7.74. The minimum absolute atomic E-state index is 0.00705. The van der Waals surface area contributed by atoms with E-state index in [0.717, 1.165) is 15.8 Å². The number of ketones is 1. The number of thiazole rings is 1. The molecule has 5 rings (SSSR count). The number of para-hydroxylation sites is 2. The highest BCUT2D eigenvalue weighted by atomic mass is 32.1. The van der Waals surface area contributed by atoms with E-state index in [1.807, 2.05) is 55.5 Å². The molecule has 1 N–H and O–H groups in total. The molecular weight excluding hydrogens is 436 g/mol. The summed E-state index contributed by atoms with van der Waals surface area (Å²) in [5.41, 5.74) is 2.81. The average molecular weight is 457 g/mol. The van der Waals surface area contributed by atoms with E-state index in [0.29, 0.717) is 22.0 Å². The molecule has 0 radical (unpaired) electrons. The standard InChI is InChI=1S/C26H20N2O4S/c1-15-11-13-16(14-12-15)23(29)21-22(17-7-3-5-9-19(17)32-2)28(25(31)24(21)30)26-27-18-8-4-6-10-20(18)33-26/h3-14,22,29H,1-2H3/b23-21+/t22-/m0/s1. The van der Waals surface area contributed by atoms with Crippen LogP contribution in [-0.2, 0) is 9.59 Å². The molecule has 1 aliphatic heterocycles. The number of nitrogens with zero attached hydrogens (tertiary/aromatic N) is 2. The number of aryl methyl sites for hydroxylation is 1. The zero-order valence-electron chi connectivity index (χ0n) is 18.0. The predicted octanol–water partition coefficient (Wildman–Crippen LogP) is 5.24. The van der Waals surface area contributed by atoms with E-state index in [1.54, 1.807) is 24.3 Å². The molecule has 0 spiro atoms. The van der Waals surface area contributed by atoms with Crippen LogP contribution in [0.4, 0.5) is 5.13 Å². The molecular formula is C26H20N2O4S. The zero-order chi connectivity index (χ0) is 23.1. The fraction of sp³-hybridized carbons (Fsp3) is 0.115. The fourth-order valence-electron chi connectivity index (χ4n) is 4.05. The molecule has 0 unspecified atom stereocenters. The number of methoxy groups -OCH3 is 1. The smallest absolute Gasteiger partial charge is 0.301 e. The maximum absolute atomic E-state index is 13.3. The Kier molecular flexibility index (Phi) is 5.18. The van der Waals surface area contributed by atoms with Crippen molar-refractivity contribution in [1.82, 2.24) is 4.98 Å². The third-order valence-corrected chi connectivity index (χ3v) is 6.73. The van der Waals surface area contributed by atoms with Crippen LogP contribution < -0.4 is 9.64 Å². The van der Waals surface area contributed by atoms with Gasteiger partial charge in [-0.25, -0.2) is 4.98 Å². The van der Waals surface area contributed by atoms with Gasteiger partial charge in [-0.2, -0.15) is 0 Å². The van der Waals surface area contributed by atoms with Crippen LogP contribution in [0.1, 0.15) is 22.7 Å². The van der Waals surface area contributed by atoms with Gasteiger partial charge in [0.15, 0.2) is 5.13 Å². The number of aliphatic hydroxyl groups excluding tert-OH is 1. The molecule has 3 aromatic carbocycles. The first-order valence-corrected chi connectivity index (χ1v) is 11.2. The van der Waals surface area contributed by atoms with E-state index >= 15 is 0 Å². The van der Waals surface area contributed by atoms with Crippen molar-refractivity contribution in [2.45, 2.75) is 13.0 Å². The molecule has 0 aliphatic carbocycles. The number of Topliss-reactive ketones (excluding diaryl/α,β-unsaturated/α-hetero) is 1. The maximum atomic E-state index is 13.3. The Hall–Kier alpha value is -3.97. The van der Waals surface area contributed by atoms with E-state index in [2.05, 4.69) is 4.98 Å². The van der Waals surface area contributed by atoms with Crippen LogP contribution in [0.5, 0.6) is 5.75 Å². The number of amides is 1. The average Bonchev–Trinajstić information content (AvgIpc) is 3.37. The van der Waals surface area contributed by atoms with Gasteiger partial charge in [-0.3, -0.25) is 14.5 Å². The summed E-state index contributed by atoms with van der Waals surface area (Å²) in [6.07, 6.45) is 0. The number of carbonyl (C=O) groups excluding carboxylic acids is 2. The lowest BCUT2D eigenvalue weighted by atomic mass is 9.94. The van der Waals surface area contributed by atoms with Crippen LogP contribution in [0.2, 0.25) is 0 Å². The van der Waals surface area contributed by atoms with Crippen LogP contribution >= 0.6 is 11.3 Å². The van der Waals surface area contributed by atoms with Gasteiger partial charge in [0.2, 0.25) is 0 Å². The summed E-state index contributed by atoms with van der Waals surface area (Å²) in [6.45, 7) is 1.94. The first-order valence-electron chi connectivity index (χ1n) is 10.4. The van der Waals surface area contributed by atoms with Crippen molar-refractivity contribution in [3.8, 4) is 5.75 Å². The summed E-state index contributed by atoms with van der Waals surface area (Å²) in [7, 11) is 1.53. The van der Waals surface area contributed by atoms with Crippen molar-refractivity contribution < 1.29 is 19.4 Å². The summed E-state index contributed by atoms with van der Waals surface area (Å²) in [6, 6.07) is 21.0. The van der Waals surface area contributed by atoms with Crippen molar-refractivity contribution in [3.63, 3.8) is 0 Å². The molecule has 1 fully saturated rings. The third kappa shape index (κ3) is 3.47. The second-order valence-corrected chi connectivity index (χ2v) is 8.75. The maximum Gasteiger partial charge on any atom is 0.301 e. The van der Waals surface area contributed by atoms with Gasteiger partial charge in [0, 0.05) is 11.1 Å². The normalized spacial score (nSPS) is 17.6. The Morgan fingerprint density at radius 2 is 1.70 bits per heavy atom. The molecule has 0 bridgehead atoms. The van der Waals surface area contributed by atoms with Crippen molar-refractivity contribution in [2.75, 3.05) is 12.0 Å². The number of carbonyl (C=O) groups is 2. The summed E-state index contributed by atoms with van der Waals surface area (Å²) in [4.78, 5) is 32.6.